The van der Waals surface area contributed by atoms with Gasteiger partial charge in [0.05, 0.1) is 6.04 Å². The summed E-state index contributed by atoms with van der Waals surface area (Å²) in [6, 6.07) is 5.81. The van der Waals surface area contributed by atoms with Crippen molar-refractivity contribution in [3.63, 3.8) is 0 Å². The highest BCUT2D eigenvalue weighted by Gasteiger charge is 2.32. The zero-order valence-corrected chi connectivity index (χ0v) is 17.9. The summed E-state index contributed by atoms with van der Waals surface area (Å²) in [5.41, 5.74) is 2.99. The molecule has 1 aromatic heterocycles. The summed E-state index contributed by atoms with van der Waals surface area (Å²) in [5, 5.41) is 4.00. The van der Waals surface area contributed by atoms with Crippen molar-refractivity contribution in [2.45, 2.75) is 59.4 Å². The molecule has 0 saturated carbocycles. The van der Waals surface area contributed by atoms with E-state index < -0.39 is 0 Å². The van der Waals surface area contributed by atoms with E-state index in [1.54, 1.807) is 6.92 Å². The highest BCUT2D eigenvalue weighted by molar-refractivity contribution is 5.94. The summed E-state index contributed by atoms with van der Waals surface area (Å²) < 4.78 is 5.24. The molecule has 1 unspecified atom stereocenters. The molecule has 0 spiro atoms. The van der Waals surface area contributed by atoms with Gasteiger partial charge in [0.25, 0.3) is 5.91 Å². The maximum absolute atomic E-state index is 12.9. The topological polar surface area (TPSA) is 79.5 Å². The van der Waals surface area contributed by atoms with Crippen LogP contribution in [0.5, 0.6) is 0 Å². The Morgan fingerprint density at radius 2 is 2.03 bits per heavy atom. The van der Waals surface area contributed by atoms with Crippen LogP contribution >= 0.6 is 0 Å². The van der Waals surface area contributed by atoms with Gasteiger partial charge in [-0.1, -0.05) is 25.1 Å². The Bertz CT molecular complexity index is 890. The molecule has 1 saturated heterocycles. The van der Waals surface area contributed by atoms with Crippen molar-refractivity contribution in [2.75, 3.05) is 19.6 Å². The summed E-state index contributed by atoms with van der Waals surface area (Å²) in [6.07, 6.45) is 1.32. The third kappa shape index (κ3) is 4.83. The number of benzene rings is 1. The smallest absolute Gasteiger partial charge is 0.253 e. The van der Waals surface area contributed by atoms with Crippen LogP contribution in [-0.4, -0.2) is 57.4 Å². The van der Waals surface area contributed by atoms with E-state index >= 15 is 0 Å². The molecular formula is C22H30N4O3. The van der Waals surface area contributed by atoms with Crippen LogP contribution in [0.2, 0.25) is 0 Å². The van der Waals surface area contributed by atoms with Crippen molar-refractivity contribution in [1.29, 1.82) is 0 Å². The predicted molar refractivity (Wildman–Crippen MR) is 110 cm³/mol. The average Bonchev–Trinajstić information content (AvgIpc) is 3.33. The van der Waals surface area contributed by atoms with Crippen LogP contribution in [0.4, 0.5) is 0 Å². The molecule has 0 radical (unpaired) electrons. The van der Waals surface area contributed by atoms with Gasteiger partial charge in [-0.25, -0.2) is 0 Å². The first-order chi connectivity index (χ1) is 13.8. The summed E-state index contributed by atoms with van der Waals surface area (Å²) in [5.74, 6) is 1.43. The van der Waals surface area contributed by atoms with Gasteiger partial charge < -0.3 is 14.3 Å². The molecule has 0 N–H and O–H groups in total. The van der Waals surface area contributed by atoms with Gasteiger partial charge in [0.2, 0.25) is 11.8 Å². The number of amides is 2. The van der Waals surface area contributed by atoms with Crippen LogP contribution in [-0.2, 0) is 11.2 Å². The highest BCUT2D eigenvalue weighted by Crippen LogP contribution is 2.20. The van der Waals surface area contributed by atoms with Crippen LogP contribution < -0.4 is 0 Å². The molecule has 7 nitrogen and oxygen atoms in total. The fourth-order valence-corrected chi connectivity index (χ4v) is 3.66. The molecule has 1 aliphatic heterocycles. The number of carbonyl (C=O) groups excluding carboxylic acids is 2. The van der Waals surface area contributed by atoms with Crippen molar-refractivity contribution in [1.82, 2.24) is 19.9 Å². The minimum Gasteiger partial charge on any atom is -0.339 e. The molecule has 7 heteroatoms. The van der Waals surface area contributed by atoms with Gasteiger partial charge in [-0.3, -0.25) is 9.59 Å². The van der Waals surface area contributed by atoms with Gasteiger partial charge >= 0.3 is 0 Å². The summed E-state index contributed by atoms with van der Waals surface area (Å²) in [7, 11) is 0. The molecule has 2 aromatic rings. The lowest BCUT2D eigenvalue weighted by Crippen LogP contribution is -2.42. The minimum atomic E-state index is 0.00283. The Hall–Kier alpha value is -2.70. The Balaban J connectivity index is 1.62. The number of aromatic nitrogens is 2. The van der Waals surface area contributed by atoms with E-state index in [1.807, 2.05) is 55.7 Å². The first-order valence-electron chi connectivity index (χ1n) is 10.2. The van der Waals surface area contributed by atoms with Crippen molar-refractivity contribution >= 4 is 11.8 Å². The normalized spacial score (nSPS) is 16.5. The first-order valence-corrected chi connectivity index (χ1v) is 10.2. The molecular weight excluding hydrogens is 368 g/mol. The minimum absolute atomic E-state index is 0.00283. The second-order valence-corrected chi connectivity index (χ2v) is 8.16. The zero-order valence-electron chi connectivity index (χ0n) is 17.9. The Morgan fingerprint density at radius 3 is 2.66 bits per heavy atom. The molecule has 2 heterocycles. The molecule has 156 valence electrons. The molecule has 29 heavy (non-hydrogen) atoms. The van der Waals surface area contributed by atoms with Crippen LogP contribution in [0.15, 0.2) is 22.7 Å². The van der Waals surface area contributed by atoms with E-state index in [1.165, 1.54) is 5.56 Å². The number of hydrogen-bond acceptors (Lipinski definition) is 5. The predicted octanol–water partition coefficient (Wildman–Crippen LogP) is 3.12. The van der Waals surface area contributed by atoms with Crippen molar-refractivity contribution in [3.05, 3.63) is 46.6 Å². The molecule has 1 fully saturated rings. The standard InChI is InChI=1S/C22H30N4O3/c1-14(2)21-23-20(24-29-21)9-11-26(17(5)27)19-8-10-25(13-19)22(28)18-7-6-15(3)16(4)12-18/h6-7,12,14,19H,8-11,13H2,1-5H3. The maximum Gasteiger partial charge on any atom is 0.253 e. The number of hydrogen-bond donors (Lipinski definition) is 0. The molecule has 2 amide bonds. The molecule has 1 atom stereocenters. The van der Waals surface area contributed by atoms with E-state index in [4.69, 9.17) is 4.52 Å². The molecule has 3 rings (SSSR count). The van der Waals surface area contributed by atoms with E-state index in [0.717, 1.165) is 12.0 Å². The van der Waals surface area contributed by atoms with Gasteiger partial charge in [-0.05, 0) is 43.5 Å². The largest absolute Gasteiger partial charge is 0.339 e. The van der Waals surface area contributed by atoms with Gasteiger partial charge in [0, 0.05) is 44.5 Å². The first kappa shape index (κ1) is 21.0. The molecule has 0 bridgehead atoms. The number of nitrogens with zero attached hydrogens (tertiary/aromatic N) is 4. The Morgan fingerprint density at radius 1 is 1.28 bits per heavy atom. The number of rotatable bonds is 6. The third-order valence-corrected chi connectivity index (χ3v) is 5.60. The lowest BCUT2D eigenvalue weighted by molar-refractivity contribution is -0.130. The van der Waals surface area contributed by atoms with Gasteiger partial charge in [0.15, 0.2) is 5.82 Å². The molecule has 1 aromatic carbocycles. The van der Waals surface area contributed by atoms with Crippen molar-refractivity contribution < 1.29 is 14.1 Å². The monoisotopic (exact) mass is 398 g/mol. The molecule has 1 aliphatic rings. The Kier molecular flexibility index (Phi) is 6.35. The average molecular weight is 399 g/mol. The fourth-order valence-electron chi connectivity index (χ4n) is 3.66. The SMILES string of the molecule is CC(=O)N(CCc1noc(C(C)C)n1)C1CCN(C(=O)c2ccc(C)c(C)c2)C1. The maximum atomic E-state index is 12.9. The quantitative estimate of drug-likeness (QED) is 0.747. The summed E-state index contributed by atoms with van der Waals surface area (Å²) in [6.45, 7) is 11.3. The van der Waals surface area contributed by atoms with Gasteiger partial charge in [-0.15, -0.1) is 0 Å². The summed E-state index contributed by atoms with van der Waals surface area (Å²) >= 11 is 0. The number of likely N-dealkylation sites (tertiary alicyclic amines) is 1. The third-order valence-electron chi connectivity index (χ3n) is 5.60. The second kappa shape index (κ2) is 8.76. The van der Waals surface area contributed by atoms with Gasteiger partial charge in [0.1, 0.15) is 0 Å². The zero-order chi connectivity index (χ0) is 21.1. The molecule has 0 aliphatic carbocycles. The highest BCUT2D eigenvalue weighted by atomic mass is 16.5. The lowest BCUT2D eigenvalue weighted by atomic mass is 10.1. The number of carbonyl (C=O) groups is 2. The Labute approximate surface area is 172 Å². The lowest BCUT2D eigenvalue weighted by Gasteiger charge is -2.27. The van der Waals surface area contributed by atoms with Crippen LogP contribution in [0.25, 0.3) is 0 Å². The summed E-state index contributed by atoms with van der Waals surface area (Å²) in [4.78, 5) is 33.2. The van der Waals surface area contributed by atoms with Gasteiger partial charge in [-0.2, -0.15) is 4.98 Å². The van der Waals surface area contributed by atoms with Crippen molar-refractivity contribution in [3.8, 4) is 0 Å². The van der Waals surface area contributed by atoms with Crippen LogP contribution in [0, 0.1) is 13.8 Å². The van der Waals surface area contributed by atoms with Crippen molar-refractivity contribution in [2.24, 2.45) is 0 Å². The van der Waals surface area contributed by atoms with E-state index in [0.29, 0.717) is 43.3 Å². The van der Waals surface area contributed by atoms with E-state index in [2.05, 4.69) is 10.1 Å². The number of aryl methyl sites for hydroxylation is 2. The fraction of sp³-hybridized carbons (Fsp3) is 0.545. The van der Waals surface area contributed by atoms with E-state index in [-0.39, 0.29) is 23.8 Å². The second-order valence-electron chi connectivity index (χ2n) is 8.16. The van der Waals surface area contributed by atoms with E-state index in [9.17, 15) is 9.59 Å². The van der Waals surface area contributed by atoms with Crippen LogP contribution in [0.3, 0.4) is 0 Å². The van der Waals surface area contributed by atoms with Crippen LogP contribution in [0.1, 0.15) is 66.3 Å².